The van der Waals surface area contributed by atoms with Gasteiger partial charge >= 0.3 is 0 Å². The van der Waals surface area contributed by atoms with Crippen LogP contribution in [0.15, 0.2) is 22.6 Å². The van der Waals surface area contributed by atoms with Gasteiger partial charge in [0.05, 0.1) is 0 Å². The van der Waals surface area contributed by atoms with Crippen molar-refractivity contribution in [3.05, 3.63) is 35.5 Å². The van der Waals surface area contributed by atoms with Gasteiger partial charge in [0, 0.05) is 5.56 Å². The normalized spacial score (nSPS) is 12.8. The van der Waals surface area contributed by atoms with Gasteiger partial charge in [-0.2, -0.15) is 0 Å². The first-order chi connectivity index (χ1) is 7.58. The lowest BCUT2D eigenvalue weighted by Gasteiger charge is -2.00. The molecule has 2 aromatic rings. The van der Waals surface area contributed by atoms with Gasteiger partial charge in [-0.25, -0.2) is 4.39 Å². The van der Waals surface area contributed by atoms with E-state index in [1.165, 1.54) is 12.1 Å². The summed E-state index contributed by atoms with van der Waals surface area (Å²) in [6.07, 6.45) is 0. The minimum absolute atomic E-state index is 0.291. The molecule has 0 aliphatic heterocycles. The number of hydrogen-bond donors (Lipinski definition) is 0. The topological polar surface area (TPSA) is 38.9 Å². The molecule has 1 aromatic heterocycles. The Labute approximate surface area is 97.3 Å². The van der Waals surface area contributed by atoms with Gasteiger partial charge in [0.25, 0.3) is 0 Å². The van der Waals surface area contributed by atoms with Crippen molar-refractivity contribution >= 4 is 11.6 Å². The van der Waals surface area contributed by atoms with E-state index in [2.05, 4.69) is 10.2 Å². The third kappa shape index (κ3) is 2.07. The number of halogens is 2. The van der Waals surface area contributed by atoms with Crippen LogP contribution in [-0.2, 0) is 0 Å². The van der Waals surface area contributed by atoms with Gasteiger partial charge in [0.15, 0.2) is 0 Å². The molecule has 1 heterocycles. The van der Waals surface area contributed by atoms with E-state index in [1.54, 1.807) is 13.0 Å². The molecule has 0 aliphatic carbocycles. The van der Waals surface area contributed by atoms with E-state index in [-0.39, 0.29) is 11.2 Å². The Balaban J connectivity index is 2.46. The summed E-state index contributed by atoms with van der Waals surface area (Å²) in [6.45, 7) is 3.58. The van der Waals surface area contributed by atoms with Crippen LogP contribution in [-0.4, -0.2) is 10.2 Å². The Morgan fingerprint density at radius 3 is 2.75 bits per heavy atom. The maximum absolute atomic E-state index is 13.1. The Bertz CT molecular complexity index is 510. The van der Waals surface area contributed by atoms with Crippen LogP contribution >= 0.6 is 11.6 Å². The zero-order valence-electron chi connectivity index (χ0n) is 8.87. The molecule has 3 nitrogen and oxygen atoms in total. The van der Waals surface area contributed by atoms with Gasteiger partial charge in [-0.05, 0) is 31.5 Å². The lowest BCUT2D eigenvalue weighted by molar-refractivity contribution is 0.506. The monoisotopic (exact) mass is 240 g/mol. The Hall–Kier alpha value is -1.42. The minimum Gasteiger partial charge on any atom is -0.419 e. The van der Waals surface area contributed by atoms with Crippen molar-refractivity contribution in [1.82, 2.24) is 10.2 Å². The summed E-state index contributed by atoms with van der Waals surface area (Å²) < 4.78 is 18.4. The average Bonchev–Trinajstić information content (AvgIpc) is 2.70. The van der Waals surface area contributed by atoms with Gasteiger partial charge in [-0.3, -0.25) is 0 Å². The molecule has 1 aromatic carbocycles. The molecule has 0 amide bonds. The highest BCUT2D eigenvalue weighted by molar-refractivity contribution is 6.20. The van der Waals surface area contributed by atoms with E-state index in [4.69, 9.17) is 16.0 Å². The Morgan fingerprint density at radius 1 is 1.38 bits per heavy atom. The van der Waals surface area contributed by atoms with Crippen molar-refractivity contribution in [3.8, 4) is 11.5 Å². The van der Waals surface area contributed by atoms with Gasteiger partial charge < -0.3 is 4.42 Å². The summed E-state index contributed by atoms with van der Waals surface area (Å²) in [4.78, 5) is 0. The number of benzene rings is 1. The van der Waals surface area contributed by atoms with Crippen molar-refractivity contribution in [2.24, 2.45) is 0 Å². The highest BCUT2D eigenvalue weighted by Gasteiger charge is 2.14. The van der Waals surface area contributed by atoms with Crippen molar-refractivity contribution in [2.45, 2.75) is 19.2 Å². The Morgan fingerprint density at radius 2 is 2.12 bits per heavy atom. The second kappa shape index (κ2) is 4.22. The minimum atomic E-state index is -0.352. The molecule has 1 atom stereocenters. The summed E-state index contributed by atoms with van der Waals surface area (Å²) >= 11 is 5.80. The highest BCUT2D eigenvalue weighted by Crippen LogP contribution is 2.26. The third-order valence-corrected chi connectivity index (χ3v) is 2.40. The molecule has 5 heteroatoms. The zero-order chi connectivity index (χ0) is 11.7. The van der Waals surface area contributed by atoms with Crippen molar-refractivity contribution in [1.29, 1.82) is 0 Å². The number of nitrogens with zero attached hydrogens (tertiary/aromatic N) is 2. The number of hydrogen-bond acceptors (Lipinski definition) is 3. The number of rotatable bonds is 2. The van der Waals surface area contributed by atoms with Crippen LogP contribution in [0, 0.1) is 12.7 Å². The summed E-state index contributed by atoms with van der Waals surface area (Å²) in [5, 5.41) is 7.28. The first kappa shape index (κ1) is 11.1. The van der Waals surface area contributed by atoms with Crippen LogP contribution in [0.25, 0.3) is 11.5 Å². The predicted octanol–water partition coefficient (Wildman–Crippen LogP) is 3.48. The van der Waals surface area contributed by atoms with Gasteiger partial charge in [0.1, 0.15) is 11.2 Å². The molecule has 2 rings (SSSR count). The molecule has 1 unspecified atom stereocenters. The summed E-state index contributed by atoms with van der Waals surface area (Å²) in [7, 11) is 0. The second-order valence-corrected chi connectivity index (χ2v) is 4.18. The van der Waals surface area contributed by atoms with Gasteiger partial charge in [-0.15, -0.1) is 21.8 Å². The van der Waals surface area contributed by atoms with Gasteiger partial charge in [-0.1, -0.05) is 6.07 Å². The van der Waals surface area contributed by atoms with E-state index < -0.39 is 0 Å². The van der Waals surface area contributed by atoms with Crippen molar-refractivity contribution in [3.63, 3.8) is 0 Å². The summed E-state index contributed by atoms with van der Waals surface area (Å²) in [5.41, 5.74) is 1.47. The summed E-state index contributed by atoms with van der Waals surface area (Å²) in [6, 6.07) is 4.42. The molecule has 0 fully saturated rings. The molecule has 0 saturated carbocycles. The highest BCUT2D eigenvalue weighted by atomic mass is 35.5. The first-order valence-corrected chi connectivity index (χ1v) is 5.25. The maximum atomic E-state index is 13.1. The molecular weight excluding hydrogens is 231 g/mol. The fourth-order valence-electron chi connectivity index (χ4n) is 1.33. The molecule has 0 saturated heterocycles. The number of aromatic nitrogens is 2. The van der Waals surface area contributed by atoms with Crippen LogP contribution in [0.1, 0.15) is 23.8 Å². The lowest BCUT2D eigenvalue weighted by Crippen LogP contribution is -1.85. The maximum Gasteiger partial charge on any atom is 0.248 e. The fraction of sp³-hybridized carbons (Fsp3) is 0.273. The van der Waals surface area contributed by atoms with Gasteiger partial charge in [0.2, 0.25) is 11.8 Å². The largest absolute Gasteiger partial charge is 0.419 e. The molecular formula is C11H10ClFN2O. The van der Waals surface area contributed by atoms with Crippen LogP contribution in [0.4, 0.5) is 4.39 Å². The molecule has 16 heavy (non-hydrogen) atoms. The van der Waals surface area contributed by atoms with E-state index >= 15 is 0 Å². The second-order valence-electron chi connectivity index (χ2n) is 3.52. The quantitative estimate of drug-likeness (QED) is 0.755. The predicted molar refractivity (Wildman–Crippen MR) is 58.7 cm³/mol. The van der Waals surface area contributed by atoms with E-state index in [1.807, 2.05) is 6.92 Å². The molecule has 0 bridgehead atoms. The van der Waals surface area contributed by atoms with Crippen LogP contribution in [0.2, 0.25) is 0 Å². The van der Waals surface area contributed by atoms with Crippen LogP contribution < -0.4 is 0 Å². The molecule has 0 aliphatic rings. The summed E-state index contributed by atoms with van der Waals surface area (Å²) in [5.74, 6) is 0.291. The number of alkyl halides is 1. The van der Waals surface area contributed by atoms with Crippen molar-refractivity contribution in [2.75, 3.05) is 0 Å². The first-order valence-electron chi connectivity index (χ1n) is 4.82. The van der Waals surface area contributed by atoms with Crippen LogP contribution in [0.3, 0.4) is 0 Å². The van der Waals surface area contributed by atoms with E-state index in [0.29, 0.717) is 17.3 Å². The smallest absolute Gasteiger partial charge is 0.248 e. The molecule has 0 radical (unpaired) electrons. The lowest BCUT2D eigenvalue weighted by atomic mass is 10.1. The van der Waals surface area contributed by atoms with E-state index in [0.717, 1.165) is 5.56 Å². The SMILES string of the molecule is Cc1ccc(F)cc1-c1nnc(C(C)Cl)o1. The molecule has 0 spiro atoms. The average molecular weight is 241 g/mol. The fourth-order valence-corrected chi connectivity index (χ4v) is 1.42. The number of aryl methyl sites for hydroxylation is 1. The standard InChI is InChI=1S/C11H10ClFN2O/c1-6-3-4-8(13)5-9(6)11-15-14-10(16-11)7(2)12/h3-5,7H,1-2H3. The molecule has 84 valence electrons. The van der Waals surface area contributed by atoms with E-state index in [9.17, 15) is 4.39 Å². The molecule has 0 N–H and O–H groups in total. The zero-order valence-corrected chi connectivity index (χ0v) is 9.62. The third-order valence-electron chi connectivity index (χ3n) is 2.21. The Kier molecular flexibility index (Phi) is 2.92. The van der Waals surface area contributed by atoms with Crippen LogP contribution in [0.5, 0.6) is 0 Å². The van der Waals surface area contributed by atoms with Crippen molar-refractivity contribution < 1.29 is 8.81 Å².